The fraction of sp³-hybridized carbons (Fsp3) is 0.0870. The second kappa shape index (κ2) is 9.55. The van der Waals surface area contributed by atoms with Crippen molar-refractivity contribution in [3.8, 4) is 17.2 Å². The van der Waals surface area contributed by atoms with Gasteiger partial charge in [0.15, 0.2) is 11.6 Å². The van der Waals surface area contributed by atoms with Crippen molar-refractivity contribution in [1.82, 2.24) is 10.3 Å². The molecule has 12 heteroatoms. The summed E-state index contributed by atoms with van der Waals surface area (Å²) in [4.78, 5) is 15.4. The first-order chi connectivity index (χ1) is 16.5. The van der Waals surface area contributed by atoms with Gasteiger partial charge in [-0.3, -0.25) is 4.79 Å². The van der Waals surface area contributed by atoms with Crippen LogP contribution in [0.1, 0.15) is 16.1 Å². The molecule has 0 saturated heterocycles. The van der Waals surface area contributed by atoms with E-state index >= 15 is 4.39 Å². The minimum Gasteiger partial charge on any atom is -0.453 e. The Balaban J connectivity index is 1.49. The quantitative estimate of drug-likeness (QED) is 0.189. The SMILES string of the molecule is Nc1cc(Cl)cc(Oc2c(Cl)ccc(CNC(=O)c3cc4cc(OC(F)(F)F)ccc4[nH]3)c2F)c1. The number of hydrogen-bond acceptors (Lipinski definition) is 4. The van der Waals surface area contributed by atoms with Gasteiger partial charge in [0, 0.05) is 39.8 Å². The number of carbonyl (C=O) groups is 1. The molecule has 182 valence electrons. The van der Waals surface area contributed by atoms with E-state index in [2.05, 4.69) is 15.0 Å². The second-order valence-electron chi connectivity index (χ2n) is 7.33. The largest absolute Gasteiger partial charge is 0.573 e. The molecule has 0 radical (unpaired) electrons. The average Bonchev–Trinajstić information content (AvgIpc) is 3.17. The van der Waals surface area contributed by atoms with Crippen molar-refractivity contribution in [1.29, 1.82) is 0 Å². The number of carbonyl (C=O) groups excluding carboxylic acids is 1. The molecule has 0 aliphatic carbocycles. The Bertz CT molecular complexity index is 1400. The van der Waals surface area contributed by atoms with Gasteiger partial charge in [0.1, 0.15) is 17.2 Å². The molecule has 0 spiro atoms. The molecule has 3 aromatic carbocycles. The molecule has 0 atom stereocenters. The molecular weight excluding hydrogens is 513 g/mol. The molecule has 0 unspecified atom stereocenters. The minimum absolute atomic E-state index is 0.0105. The number of aromatic amines is 1. The number of anilines is 1. The van der Waals surface area contributed by atoms with Gasteiger partial charge in [-0.25, -0.2) is 4.39 Å². The standard InChI is InChI=1S/C23H15Cl2F4N3O3/c24-13-7-14(30)9-16(8-13)34-21-17(25)3-1-11(20(21)26)10-31-22(33)19-6-12-5-15(35-23(27,28)29)2-4-18(12)32-19/h1-9,32H,10,30H2,(H,31,33). The summed E-state index contributed by atoms with van der Waals surface area (Å²) in [6, 6.07) is 12.1. The summed E-state index contributed by atoms with van der Waals surface area (Å²) in [6.45, 7) is -0.228. The third-order valence-corrected chi connectivity index (χ3v) is 5.27. The van der Waals surface area contributed by atoms with E-state index < -0.39 is 23.8 Å². The number of rotatable bonds is 6. The molecule has 4 rings (SSSR count). The van der Waals surface area contributed by atoms with Crippen LogP contribution in [0, 0.1) is 5.82 Å². The molecule has 0 saturated carbocycles. The minimum atomic E-state index is -4.84. The smallest absolute Gasteiger partial charge is 0.453 e. The van der Waals surface area contributed by atoms with Gasteiger partial charge in [-0.1, -0.05) is 29.3 Å². The molecule has 4 N–H and O–H groups in total. The molecule has 1 amide bonds. The summed E-state index contributed by atoms with van der Waals surface area (Å²) in [5, 5.41) is 3.14. The Morgan fingerprint density at radius 1 is 1.03 bits per heavy atom. The van der Waals surface area contributed by atoms with Crippen LogP contribution in [0.3, 0.4) is 0 Å². The van der Waals surface area contributed by atoms with E-state index in [9.17, 15) is 18.0 Å². The van der Waals surface area contributed by atoms with Gasteiger partial charge in [-0.05, 0) is 42.5 Å². The first kappa shape index (κ1) is 24.5. The molecule has 35 heavy (non-hydrogen) atoms. The Hall–Kier alpha value is -3.63. The van der Waals surface area contributed by atoms with E-state index in [0.717, 1.165) is 12.1 Å². The lowest BCUT2D eigenvalue weighted by molar-refractivity contribution is -0.274. The van der Waals surface area contributed by atoms with Crippen LogP contribution >= 0.6 is 23.2 Å². The van der Waals surface area contributed by atoms with E-state index in [-0.39, 0.29) is 39.3 Å². The van der Waals surface area contributed by atoms with Crippen LogP contribution in [0.15, 0.2) is 54.6 Å². The molecule has 1 aromatic heterocycles. The fourth-order valence-corrected chi connectivity index (χ4v) is 3.68. The lowest BCUT2D eigenvalue weighted by Gasteiger charge is -2.13. The third kappa shape index (κ3) is 5.90. The summed E-state index contributed by atoms with van der Waals surface area (Å²) < 4.78 is 61.8. The maximum Gasteiger partial charge on any atom is 0.573 e. The molecular formula is C23H15Cl2F4N3O3. The number of hydrogen-bond donors (Lipinski definition) is 3. The van der Waals surface area contributed by atoms with Crippen LogP contribution in [0.5, 0.6) is 17.2 Å². The van der Waals surface area contributed by atoms with Gasteiger partial charge in [0.05, 0.1) is 5.02 Å². The average molecular weight is 528 g/mol. The van der Waals surface area contributed by atoms with Crippen molar-refractivity contribution >= 4 is 45.7 Å². The van der Waals surface area contributed by atoms with Crippen LogP contribution in [-0.4, -0.2) is 17.3 Å². The van der Waals surface area contributed by atoms with Crippen molar-refractivity contribution < 1.29 is 31.8 Å². The summed E-state index contributed by atoms with van der Waals surface area (Å²) >= 11 is 12.0. The fourth-order valence-electron chi connectivity index (χ4n) is 3.27. The zero-order valence-electron chi connectivity index (χ0n) is 17.5. The molecule has 4 aromatic rings. The highest BCUT2D eigenvalue weighted by atomic mass is 35.5. The predicted octanol–water partition coefficient (Wildman–Crippen LogP) is 6.82. The number of amides is 1. The highest BCUT2D eigenvalue weighted by molar-refractivity contribution is 6.32. The van der Waals surface area contributed by atoms with Gasteiger partial charge in [0.2, 0.25) is 0 Å². The zero-order valence-corrected chi connectivity index (χ0v) is 19.0. The van der Waals surface area contributed by atoms with Gasteiger partial charge >= 0.3 is 6.36 Å². The Labute approximate surface area is 205 Å². The number of fused-ring (bicyclic) bond motifs is 1. The van der Waals surface area contributed by atoms with Gasteiger partial charge in [-0.15, -0.1) is 13.2 Å². The van der Waals surface area contributed by atoms with Crippen molar-refractivity contribution in [2.75, 3.05) is 5.73 Å². The summed E-state index contributed by atoms with van der Waals surface area (Å²) in [5.74, 6) is -1.94. The number of nitrogens with one attached hydrogen (secondary N) is 2. The number of alkyl halides is 3. The van der Waals surface area contributed by atoms with E-state index in [1.165, 1.54) is 42.5 Å². The van der Waals surface area contributed by atoms with Crippen LogP contribution in [0.2, 0.25) is 10.0 Å². The molecule has 0 fully saturated rings. The zero-order chi connectivity index (χ0) is 25.3. The first-order valence-corrected chi connectivity index (χ1v) is 10.6. The normalized spacial score (nSPS) is 11.5. The van der Waals surface area contributed by atoms with Crippen LogP contribution < -0.4 is 20.5 Å². The first-order valence-electron chi connectivity index (χ1n) is 9.86. The van der Waals surface area contributed by atoms with Crippen molar-refractivity contribution in [2.45, 2.75) is 12.9 Å². The summed E-state index contributed by atoms with van der Waals surface area (Å²) in [7, 11) is 0. The predicted molar refractivity (Wildman–Crippen MR) is 124 cm³/mol. The van der Waals surface area contributed by atoms with E-state index in [1.807, 2.05) is 0 Å². The Morgan fingerprint density at radius 2 is 1.80 bits per heavy atom. The summed E-state index contributed by atoms with van der Waals surface area (Å²) in [6.07, 6.45) is -4.84. The Morgan fingerprint density at radius 3 is 2.51 bits per heavy atom. The van der Waals surface area contributed by atoms with Crippen LogP contribution in [-0.2, 0) is 6.54 Å². The molecule has 1 heterocycles. The lowest BCUT2D eigenvalue weighted by Crippen LogP contribution is -2.23. The van der Waals surface area contributed by atoms with E-state index in [4.69, 9.17) is 33.7 Å². The molecule has 6 nitrogen and oxygen atoms in total. The van der Waals surface area contributed by atoms with Crippen molar-refractivity contribution in [3.63, 3.8) is 0 Å². The number of halogens is 6. The third-order valence-electron chi connectivity index (χ3n) is 4.75. The van der Waals surface area contributed by atoms with E-state index in [1.54, 1.807) is 0 Å². The summed E-state index contributed by atoms with van der Waals surface area (Å²) in [5.41, 5.74) is 6.58. The Kier molecular flexibility index (Phi) is 6.68. The molecule has 0 aliphatic heterocycles. The van der Waals surface area contributed by atoms with Crippen LogP contribution in [0.4, 0.5) is 23.2 Å². The second-order valence-corrected chi connectivity index (χ2v) is 8.18. The lowest BCUT2D eigenvalue weighted by atomic mass is 10.2. The monoisotopic (exact) mass is 527 g/mol. The number of ether oxygens (including phenoxy) is 2. The van der Waals surface area contributed by atoms with E-state index in [0.29, 0.717) is 16.6 Å². The van der Waals surface area contributed by atoms with Crippen LogP contribution in [0.25, 0.3) is 10.9 Å². The highest BCUT2D eigenvalue weighted by Crippen LogP contribution is 2.35. The topological polar surface area (TPSA) is 89.4 Å². The number of H-pyrrole nitrogens is 1. The number of aromatic nitrogens is 1. The van der Waals surface area contributed by atoms with Crippen molar-refractivity contribution in [3.05, 3.63) is 81.7 Å². The maximum atomic E-state index is 15.1. The van der Waals surface area contributed by atoms with Gasteiger partial charge < -0.3 is 25.5 Å². The number of nitrogen functional groups attached to an aromatic ring is 1. The molecule has 0 aliphatic rings. The highest BCUT2D eigenvalue weighted by Gasteiger charge is 2.31. The number of benzene rings is 3. The maximum absolute atomic E-state index is 15.1. The number of nitrogens with two attached hydrogens (primary N) is 1. The van der Waals surface area contributed by atoms with Gasteiger partial charge in [0.25, 0.3) is 5.91 Å². The van der Waals surface area contributed by atoms with Gasteiger partial charge in [-0.2, -0.15) is 0 Å². The van der Waals surface area contributed by atoms with Crippen molar-refractivity contribution in [2.24, 2.45) is 0 Å². The molecule has 0 bridgehead atoms.